The summed E-state index contributed by atoms with van der Waals surface area (Å²) in [6.45, 7) is 7.13. The van der Waals surface area contributed by atoms with Crippen molar-refractivity contribution < 1.29 is 4.79 Å². The maximum Gasteiger partial charge on any atom is 0.234 e. The molecule has 0 radical (unpaired) electrons. The zero-order valence-electron chi connectivity index (χ0n) is 9.45. The standard InChI is InChI=1S/C11H17N3OS/c1-3-5-12-7-10(15)13-8-11-14-6-9(4-2)16-11/h3,6,12H,1,4-5,7-8H2,2H3,(H,13,15). The van der Waals surface area contributed by atoms with Gasteiger partial charge >= 0.3 is 0 Å². The van der Waals surface area contributed by atoms with Crippen LogP contribution in [0.3, 0.4) is 0 Å². The van der Waals surface area contributed by atoms with Crippen LogP contribution in [-0.4, -0.2) is 24.0 Å². The molecule has 0 aliphatic carbocycles. The van der Waals surface area contributed by atoms with Gasteiger partial charge in [0.2, 0.25) is 5.91 Å². The number of hydrogen-bond donors (Lipinski definition) is 2. The van der Waals surface area contributed by atoms with E-state index in [0.29, 0.717) is 19.6 Å². The van der Waals surface area contributed by atoms with Gasteiger partial charge in [0.15, 0.2) is 0 Å². The fourth-order valence-electron chi connectivity index (χ4n) is 1.12. The average Bonchev–Trinajstić information content (AvgIpc) is 2.74. The highest BCUT2D eigenvalue weighted by atomic mass is 32.1. The zero-order valence-corrected chi connectivity index (χ0v) is 10.3. The lowest BCUT2D eigenvalue weighted by atomic mass is 10.4. The monoisotopic (exact) mass is 239 g/mol. The Kier molecular flexibility index (Phi) is 5.74. The first-order valence-corrected chi connectivity index (χ1v) is 6.09. The number of rotatable bonds is 7. The number of thiazole rings is 1. The Balaban J connectivity index is 2.23. The molecule has 2 N–H and O–H groups in total. The van der Waals surface area contributed by atoms with Gasteiger partial charge in [-0.25, -0.2) is 4.98 Å². The van der Waals surface area contributed by atoms with Crippen molar-refractivity contribution in [3.63, 3.8) is 0 Å². The molecule has 4 nitrogen and oxygen atoms in total. The topological polar surface area (TPSA) is 54.0 Å². The van der Waals surface area contributed by atoms with Crippen LogP contribution in [-0.2, 0) is 17.8 Å². The highest BCUT2D eigenvalue weighted by Crippen LogP contribution is 2.12. The van der Waals surface area contributed by atoms with Gasteiger partial charge in [0, 0.05) is 17.6 Å². The Labute approximate surface area is 99.8 Å². The molecular formula is C11H17N3OS. The molecule has 0 fully saturated rings. The summed E-state index contributed by atoms with van der Waals surface area (Å²) in [6, 6.07) is 0. The summed E-state index contributed by atoms with van der Waals surface area (Å²) >= 11 is 1.64. The van der Waals surface area contributed by atoms with Gasteiger partial charge in [-0.05, 0) is 6.42 Å². The summed E-state index contributed by atoms with van der Waals surface area (Å²) in [5.74, 6) is -0.0184. The number of amides is 1. The lowest BCUT2D eigenvalue weighted by molar-refractivity contribution is -0.120. The largest absolute Gasteiger partial charge is 0.348 e. The fourth-order valence-corrected chi connectivity index (χ4v) is 1.92. The van der Waals surface area contributed by atoms with Crippen molar-refractivity contribution in [2.75, 3.05) is 13.1 Å². The maximum atomic E-state index is 11.3. The predicted molar refractivity (Wildman–Crippen MR) is 66.4 cm³/mol. The van der Waals surface area contributed by atoms with E-state index in [2.05, 4.69) is 29.1 Å². The number of aryl methyl sites for hydroxylation is 1. The van der Waals surface area contributed by atoms with E-state index in [-0.39, 0.29) is 5.91 Å². The molecule has 1 amide bonds. The van der Waals surface area contributed by atoms with E-state index in [1.807, 2.05) is 6.20 Å². The van der Waals surface area contributed by atoms with Gasteiger partial charge in [0.25, 0.3) is 0 Å². The molecule has 0 aliphatic heterocycles. The lowest BCUT2D eigenvalue weighted by Crippen LogP contribution is -2.33. The van der Waals surface area contributed by atoms with Gasteiger partial charge in [-0.3, -0.25) is 4.79 Å². The van der Waals surface area contributed by atoms with Crippen LogP contribution in [0.4, 0.5) is 0 Å². The molecule has 0 spiro atoms. The molecule has 0 unspecified atom stereocenters. The molecule has 0 bridgehead atoms. The number of nitrogens with zero attached hydrogens (tertiary/aromatic N) is 1. The molecule has 88 valence electrons. The van der Waals surface area contributed by atoms with Crippen LogP contribution in [0.1, 0.15) is 16.8 Å². The Morgan fingerprint density at radius 3 is 3.12 bits per heavy atom. The first-order chi connectivity index (χ1) is 7.76. The summed E-state index contributed by atoms with van der Waals surface area (Å²) < 4.78 is 0. The van der Waals surface area contributed by atoms with Crippen molar-refractivity contribution in [3.05, 3.63) is 28.7 Å². The molecule has 5 heteroatoms. The zero-order chi connectivity index (χ0) is 11.8. The molecule has 0 aliphatic rings. The number of hydrogen-bond acceptors (Lipinski definition) is 4. The van der Waals surface area contributed by atoms with Gasteiger partial charge in [-0.1, -0.05) is 13.0 Å². The maximum absolute atomic E-state index is 11.3. The number of carbonyl (C=O) groups is 1. The van der Waals surface area contributed by atoms with E-state index < -0.39 is 0 Å². The van der Waals surface area contributed by atoms with Crippen LogP contribution in [0.25, 0.3) is 0 Å². The number of aromatic nitrogens is 1. The minimum absolute atomic E-state index is 0.0184. The summed E-state index contributed by atoms with van der Waals surface area (Å²) in [5, 5.41) is 6.70. The Morgan fingerprint density at radius 1 is 1.69 bits per heavy atom. The number of carbonyl (C=O) groups excluding carboxylic acids is 1. The van der Waals surface area contributed by atoms with Crippen molar-refractivity contribution in [2.45, 2.75) is 19.9 Å². The van der Waals surface area contributed by atoms with Crippen molar-refractivity contribution in [1.29, 1.82) is 0 Å². The van der Waals surface area contributed by atoms with Gasteiger partial charge in [0.1, 0.15) is 5.01 Å². The minimum atomic E-state index is -0.0184. The molecule has 1 aromatic heterocycles. The molecule has 0 saturated carbocycles. The second-order valence-electron chi connectivity index (χ2n) is 3.27. The van der Waals surface area contributed by atoms with Crippen molar-refractivity contribution in [2.24, 2.45) is 0 Å². The molecule has 0 saturated heterocycles. The van der Waals surface area contributed by atoms with E-state index in [1.165, 1.54) is 4.88 Å². The van der Waals surface area contributed by atoms with Crippen LogP contribution in [0, 0.1) is 0 Å². The highest BCUT2D eigenvalue weighted by molar-refractivity contribution is 7.11. The summed E-state index contributed by atoms with van der Waals surface area (Å²) in [6.07, 6.45) is 4.58. The molecular weight excluding hydrogens is 222 g/mol. The van der Waals surface area contributed by atoms with Crippen molar-refractivity contribution in [1.82, 2.24) is 15.6 Å². The molecule has 0 atom stereocenters. The molecule has 1 rings (SSSR count). The highest BCUT2D eigenvalue weighted by Gasteiger charge is 2.03. The predicted octanol–water partition coefficient (Wildman–Crippen LogP) is 1.10. The van der Waals surface area contributed by atoms with E-state index in [4.69, 9.17) is 0 Å². The molecule has 1 heterocycles. The van der Waals surface area contributed by atoms with Crippen LogP contribution >= 0.6 is 11.3 Å². The van der Waals surface area contributed by atoms with E-state index in [1.54, 1.807) is 17.4 Å². The van der Waals surface area contributed by atoms with Crippen LogP contribution in [0.15, 0.2) is 18.9 Å². The third-order valence-electron chi connectivity index (χ3n) is 1.96. The molecule has 16 heavy (non-hydrogen) atoms. The van der Waals surface area contributed by atoms with E-state index >= 15 is 0 Å². The van der Waals surface area contributed by atoms with E-state index in [9.17, 15) is 4.79 Å². The fraction of sp³-hybridized carbons (Fsp3) is 0.455. The average molecular weight is 239 g/mol. The third-order valence-corrected chi connectivity index (χ3v) is 3.10. The Morgan fingerprint density at radius 2 is 2.50 bits per heavy atom. The van der Waals surface area contributed by atoms with E-state index in [0.717, 1.165) is 11.4 Å². The summed E-state index contributed by atoms with van der Waals surface area (Å²) in [4.78, 5) is 16.8. The first kappa shape index (κ1) is 12.9. The normalized spacial score (nSPS) is 10.1. The van der Waals surface area contributed by atoms with Crippen molar-refractivity contribution >= 4 is 17.2 Å². The van der Waals surface area contributed by atoms with Gasteiger partial charge in [-0.15, -0.1) is 17.9 Å². The van der Waals surface area contributed by atoms with Gasteiger partial charge < -0.3 is 10.6 Å². The summed E-state index contributed by atoms with van der Waals surface area (Å²) in [7, 11) is 0. The SMILES string of the molecule is C=CCNCC(=O)NCc1ncc(CC)s1. The molecule has 0 aromatic carbocycles. The smallest absolute Gasteiger partial charge is 0.234 e. The van der Waals surface area contributed by atoms with Crippen LogP contribution in [0.5, 0.6) is 0 Å². The summed E-state index contributed by atoms with van der Waals surface area (Å²) in [5.41, 5.74) is 0. The number of nitrogens with one attached hydrogen (secondary N) is 2. The Hall–Kier alpha value is -1.20. The van der Waals surface area contributed by atoms with Crippen molar-refractivity contribution in [3.8, 4) is 0 Å². The Bertz CT molecular complexity index is 349. The third kappa shape index (κ3) is 4.55. The second-order valence-corrected chi connectivity index (χ2v) is 4.47. The van der Waals surface area contributed by atoms with Gasteiger partial charge in [0.05, 0.1) is 13.1 Å². The quantitative estimate of drug-likeness (QED) is 0.553. The van der Waals surface area contributed by atoms with Gasteiger partial charge in [-0.2, -0.15) is 0 Å². The first-order valence-electron chi connectivity index (χ1n) is 5.28. The lowest BCUT2D eigenvalue weighted by Gasteiger charge is -2.02. The van der Waals surface area contributed by atoms with Crippen LogP contribution in [0.2, 0.25) is 0 Å². The molecule has 1 aromatic rings. The second kappa shape index (κ2) is 7.14. The van der Waals surface area contributed by atoms with Crippen LogP contribution < -0.4 is 10.6 Å². The minimum Gasteiger partial charge on any atom is -0.348 e.